The Morgan fingerprint density at radius 1 is 1.29 bits per heavy atom. The molecule has 0 aromatic heterocycles. The molecule has 8 heteroatoms. The van der Waals surface area contributed by atoms with Gasteiger partial charge in [0.05, 0.1) is 13.7 Å². The number of rotatable bonds is 5. The number of piperazine rings is 1. The number of methoxy groups -OCH3 is 1. The summed E-state index contributed by atoms with van der Waals surface area (Å²) in [5.41, 5.74) is 0. The summed E-state index contributed by atoms with van der Waals surface area (Å²) < 4.78 is 32.8. The predicted octanol–water partition coefficient (Wildman–Crippen LogP) is 0.756. The quantitative estimate of drug-likeness (QED) is 0.818. The number of sulfonamides is 1. The molecule has 1 N–H and O–H groups in total. The largest absolute Gasteiger partial charge is 0.495 e. The van der Waals surface area contributed by atoms with Crippen LogP contribution in [0.3, 0.4) is 0 Å². The molecule has 0 unspecified atom stereocenters. The Morgan fingerprint density at radius 2 is 1.95 bits per heavy atom. The van der Waals surface area contributed by atoms with Gasteiger partial charge in [-0.25, -0.2) is 8.42 Å². The van der Waals surface area contributed by atoms with Gasteiger partial charge in [-0.1, -0.05) is 15.9 Å². The van der Waals surface area contributed by atoms with Crippen molar-refractivity contribution < 1.29 is 18.3 Å². The van der Waals surface area contributed by atoms with Crippen LogP contribution in [-0.2, 0) is 10.0 Å². The third kappa shape index (κ3) is 3.75. The minimum atomic E-state index is -3.58. The fourth-order valence-corrected chi connectivity index (χ4v) is 4.44. The summed E-state index contributed by atoms with van der Waals surface area (Å²) in [6, 6.07) is 4.95. The van der Waals surface area contributed by atoms with Gasteiger partial charge in [0, 0.05) is 37.2 Å². The number of nitrogens with zero attached hydrogens (tertiary/aromatic N) is 2. The molecule has 1 aliphatic heterocycles. The van der Waals surface area contributed by atoms with Gasteiger partial charge < -0.3 is 9.84 Å². The van der Waals surface area contributed by atoms with Gasteiger partial charge in [-0.3, -0.25) is 4.90 Å². The number of benzene rings is 1. The van der Waals surface area contributed by atoms with Crippen LogP contribution >= 0.6 is 15.9 Å². The van der Waals surface area contributed by atoms with E-state index in [0.29, 0.717) is 42.9 Å². The van der Waals surface area contributed by atoms with E-state index in [1.54, 1.807) is 18.2 Å². The molecule has 0 spiro atoms. The number of hydrogen-bond acceptors (Lipinski definition) is 5. The summed E-state index contributed by atoms with van der Waals surface area (Å²) in [5.74, 6) is 0.344. The van der Waals surface area contributed by atoms with Crippen LogP contribution in [0.2, 0.25) is 0 Å². The molecule has 0 amide bonds. The van der Waals surface area contributed by atoms with E-state index < -0.39 is 10.0 Å². The standard InChI is InChI=1S/C13H19BrN2O4S/c1-20-12-3-2-11(14)10-13(12)21(18,19)16-6-4-15(5-7-16)8-9-17/h2-3,10,17H,4-9H2,1H3. The molecule has 1 aromatic carbocycles. The zero-order chi connectivity index (χ0) is 15.5. The molecule has 0 bridgehead atoms. The fraction of sp³-hybridized carbons (Fsp3) is 0.538. The molecule has 1 heterocycles. The Balaban J connectivity index is 2.21. The van der Waals surface area contributed by atoms with Crippen LogP contribution in [-0.4, -0.2) is 69.2 Å². The SMILES string of the molecule is COc1ccc(Br)cc1S(=O)(=O)N1CCN(CCO)CC1. The Kier molecular flexibility index (Phi) is 5.61. The lowest BCUT2D eigenvalue weighted by atomic mass is 10.3. The number of aliphatic hydroxyl groups is 1. The van der Waals surface area contributed by atoms with Gasteiger partial charge in [-0.15, -0.1) is 0 Å². The van der Waals surface area contributed by atoms with Gasteiger partial charge in [0.2, 0.25) is 10.0 Å². The van der Waals surface area contributed by atoms with Crippen LogP contribution < -0.4 is 4.74 Å². The van der Waals surface area contributed by atoms with E-state index in [1.807, 2.05) is 4.90 Å². The Morgan fingerprint density at radius 3 is 2.52 bits per heavy atom. The predicted molar refractivity (Wildman–Crippen MR) is 83.0 cm³/mol. The molecule has 0 saturated carbocycles. The van der Waals surface area contributed by atoms with Gasteiger partial charge in [0.25, 0.3) is 0 Å². The lowest BCUT2D eigenvalue weighted by Crippen LogP contribution is -2.49. The molecule has 2 rings (SSSR count). The van der Waals surface area contributed by atoms with Crippen molar-refractivity contribution in [3.63, 3.8) is 0 Å². The first-order chi connectivity index (χ1) is 9.98. The van der Waals surface area contributed by atoms with Gasteiger partial charge in [-0.05, 0) is 18.2 Å². The van der Waals surface area contributed by atoms with Crippen LogP contribution in [0.1, 0.15) is 0 Å². The second-order valence-electron chi connectivity index (χ2n) is 4.76. The highest BCUT2D eigenvalue weighted by molar-refractivity contribution is 9.10. The molecule has 0 aliphatic carbocycles. The lowest BCUT2D eigenvalue weighted by molar-refractivity contribution is 0.151. The van der Waals surface area contributed by atoms with Crippen molar-refractivity contribution in [2.24, 2.45) is 0 Å². The molecule has 6 nitrogen and oxygen atoms in total. The minimum Gasteiger partial charge on any atom is -0.495 e. The monoisotopic (exact) mass is 378 g/mol. The third-order valence-electron chi connectivity index (χ3n) is 3.49. The fourth-order valence-electron chi connectivity index (χ4n) is 2.33. The zero-order valence-electron chi connectivity index (χ0n) is 11.8. The van der Waals surface area contributed by atoms with Crippen molar-refractivity contribution >= 4 is 26.0 Å². The van der Waals surface area contributed by atoms with Crippen molar-refractivity contribution in [3.05, 3.63) is 22.7 Å². The first kappa shape index (κ1) is 16.7. The maximum absolute atomic E-state index is 12.7. The highest BCUT2D eigenvalue weighted by atomic mass is 79.9. The lowest BCUT2D eigenvalue weighted by Gasteiger charge is -2.33. The van der Waals surface area contributed by atoms with E-state index in [4.69, 9.17) is 9.84 Å². The normalized spacial score (nSPS) is 17.9. The van der Waals surface area contributed by atoms with Crippen molar-refractivity contribution in [1.82, 2.24) is 9.21 Å². The van der Waals surface area contributed by atoms with Crippen molar-refractivity contribution in [2.45, 2.75) is 4.90 Å². The molecule has 0 atom stereocenters. The molecule has 1 fully saturated rings. The van der Waals surface area contributed by atoms with E-state index >= 15 is 0 Å². The van der Waals surface area contributed by atoms with E-state index in [2.05, 4.69) is 15.9 Å². The van der Waals surface area contributed by atoms with Crippen LogP contribution in [0, 0.1) is 0 Å². The average molecular weight is 379 g/mol. The molecule has 21 heavy (non-hydrogen) atoms. The summed E-state index contributed by atoms with van der Waals surface area (Å²) in [6.07, 6.45) is 0. The topological polar surface area (TPSA) is 70.1 Å². The minimum absolute atomic E-state index is 0.0895. The van der Waals surface area contributed by atoms with Crippen LogP contribution in [0.15, 0.2) is 27.6 Å². The summed E-state index contributed by atoms with van der Waals surface area (Å²) >= 11 is 3.30. The van der Waals surface area contributed by atoms with Crippen LogP contribution in [0.25, 0.3) is 0 Å². The molecule has 1 aliphatic rings. The number of ether oxygens (including phenoxy) is 1. The molecule has 1 aromatic rings. The average Bonchev–Trinajstić information content (AvgIpc) is 2.48. The second-order valence-corrected chi connectivity index (χ2v) is 7.59. The number of hydrogen-bond donors (Lipinski definition) is 1. The van der Waals surface area contributed by atoms with Gasteiger partial charge >= 0.3 is 0 Å². The van der Waals surface area contributed by atoms with Crippen molar-refractivity contribution in [2.75, 3.05) is 46.4 Å². The number of β-amino-alcohol motifs (C(OH)–C–C–N with tert-alkyl or cyclic N) is 1. The van der Waals surface area contributed by atoms with Gasteiger partial charge in [-0.2, -0.15) is 4.31 Å². The first-order valence-corrected chi connectivity index (χ1v) is 8.89. The summed E-state index contributed by atoms with van der Waals surface area (Å²) in [7, 11) is -2.12. The van der Waals surface area contributed by atoms with Gasteiger partial charge in [0.1, 0.15) is 10.6 Å². The molecule has 0 radical (unpaired) electrons. The number of aliphatic hydroxyl groups excluding tert-OH is 1. The van der Waals surface area contributed by atoms with E-state index in [0.717, 1.165) is 0 Å². The Hall–Kier alpha value is -0.670. The maximum Gasteiger partial charge on any atom is 0.246 e. The zero-order valence-corrected chi connectivity index (χ0v) is 14.2. The second kappa shape index (κ2) is 7.06. The highest BCUT2D eigenvalue weighted by Crippen LogP contribution is 2.30. The summed E-state index contributed by atoms with van der Waals surface area (Å²) in [6.45, 7) is 2.74. The van der Waals surface area contributed by atoms with Crippen LogP contribution in [0.4, 0.5) is 0 Å². The molecular weight excluding hydrogens is 360 g/mol. The maximum atomic E-state index is 12.7. The van der Waals surface area contributed by atoms with Crippen LogP contribution in [0.5, 0.6) is 5.75 Å². The van der Waals surface area contributed by atoms with Crippen molar-refractivity contribution in [3.8, 4) is 5.75 Å². The third-order valence-corrected chi connectivity index (χ3v) is 5.90. The highest BCUT2D eigenvalue weighted by Gasteiger charge is 2.30. The summed E-state index contributed by atoms with van der Waals surface area (Å²) in [4.78, 5) is 2.22. The van der Waals surface area contributed by atoms with E-state index in [-0.39, 0.29) is 11.5 Å². The molecular formula is C13H19BrN2O4S. The Bertz CT molecular complexity index is 586. The number of halogens is 1. The van der Waals surface area contributed by atoms with E-state index in [9.17, 15) is 8.42 Å². The van der Waals surface area contributed by atoms with Gasteiger partial charge in [0.15, 0.2) is 0 Å². The molecule has 1 saturated heterocycles. The van der Waals surface area contributed by atoms with Crippen molar-refractivity contribution in [1.29, 1.82) is 0 Å². The Labute approximate surface area is 133 Å². The first-order valence-electron chi connectivity index (χ1n) is 6.66. The van der Waals surface area contributed by atoms with E-state index in [1.165, 1.54) is 11.4 Å². The molecule has 118 valence electrons. The smallest absolute Gasteiger partial charge is 0.246 e. The summed E-state index contributed by atoms with van der Waals surface area (Å²) in [5, 5.41) is 8.93.